The van der Waals surface area contributed by atoms with Gasteiger partial charge in [0.25, 0.3) is 5.91 Å². The molecule has 0 unspecified atom stereocenters. The zero-order chi connectivity index (χ0) is 17.1. The van der Waals surface area contributed by atoms with E-state index in [0.717, 1.165) is 18.2 Å². The van der Waals surface area contributed by atoms with E-state index in [0.29, 0.717) is 11.5 Å². The van der Waals surface area contributed by atoms with Crippen molar-refractivity contribution in [3.63, 3.8) is 0 Å². The van der Waals surface area contributed by atoms with E-state index in [4.69, 9.17) is 0 Å². The van der Waals surface area contributed by atoms with Crippen LogP contribution in [0.15, 0.2) is 42.7 Å². The second kappa shape index (κ2) is 6.41. The largest absolute Gasteiger partial charge is 0.343 e. The van der Waals surface area contributed by atoms with E-state index in [1.165, 1.54) is 16.9 Å². The molecule has 3 rings (SSSR count). The second-order valence-electron chi connectivity index (χ2n) is 4.79. The zero-order valence-corrected chi connectivity index (χ0v) is 12.2. The van der Waals surface area contributed by atoms with Crippen molar-refractivity contribution >= 4 is 23.3 Å². The lowest BCUT2D eigenvalue weighted by atomic mass is 10.2. The summed E-state index contributed by atoms with van der Waals surface area (Å²) in [4.78, 5) is 27.8. The van der Waals surface area contributed by atoms with E-state index >= 15 is 0 Å². The Morgan fingerprint density at radius 1 is 1.08 bits per heavy atom. The number of anilines is 1. The fourth-order valence-corrected chi connectivity index (χ4v) is 2.02. The van der Waals surface area contributed by atoms with Crippen molar-refractivity contribution in [2.45, 2.75) is 0 Å². The number of benzene rings is 1. The molecule has 0 bridgehead atoms. The molecule has 2 amide bonds. The van der Waals surface area contributed by atoms with Crippen molar-refractivity contribution in [1.29, 1.82) is 0 Å². The van der Waals surface area contributed by atoms with Gasteiger partial charge in [-0.3, -0.25) is 9.59 Å². The molecule has 3 aromatic rings. The number of amides is 2. The van der Waals surface area contributed by atoms with Gasteiger partial charge in [0.15, 0.2) is 17.3 Å². The maximum atomic E-state index is 13.1. The highest BCUT2D eigenvalue weighted by Crippen LogP contribution is 2.09. The lowest BCUT2D eigenvalue weighted by Crippen LogP contribution is -2.33. The van der Waals surface area contributed by atoms with Crippen LogP contribution in [0.5, 0.6) is 0 Å². The van der Waals surface area contributed by atoms with Crippen LogP contribution in [0.4, 0.5) is 14.6 Å². The molecule has 0 aliphatic rings. The third-order valence-electron chi connectivity index (χ3n) is 3.15. The normalized spacial score (nSPS) is 10.6. The van der Waals surface area contributed by atoms with E-state index < -0.39 is 23.4 Å². The van der Waals surface area contributed by atoms with Crippen molar-refractivity contribution in [2.24, 2.45) is 0 Å². The summed E-state index contributed by atoms with van der Waals surface area (Å²) >= 11 is 0. The van der Waals surface area contributed by atoms with Crippen molar-refractivity contribution < 1.29 is 18.4 Å². The Labute approximate surface area is 134 Å². The monoisotopic (exact) mass is 331 g/mol. The molecule has 2 aromatic heterocycles. The molecule has 2 N–H and O–H groups in total. The molecule has 0 spiro atoms. The first-order valence-corrected chi connectivity index (χ1v) is 6.86. The SMILES string of the molecule is O=C(CNC(=O)c1ccc(F)c(F)c1)Nc1ccnc2ccnn12. The predicted octanol–water partition coefficient (Wildman–Crippen LogP) is 1.38. The lowest BCUT2D eigenvalue weighted by molar-refractivity contribution is -0.115. The van der Waals surface area contributed by atoms with Crippen molar-refractivity contribution in [3.05, 3.63) is 59.9 Å². The molecule has 0 saturated carbocycles. The third-order valence-corrected chi connectivity index (χ3v) is 3.15. The van der Waals surface area contributed by atoms with Gasteiger partial charge in [-0.05, 0) is 24.3 Å². The minimum absolute atomic E-state index is 0.0833. The Morgan fingerprint density at radius 2 is 1.92 bits per heavy atom. The number of aromatic nitrogens is 3. The van der Waals surface area contributed by atoms with Crippen LogP contribution in [0.25, 0.3) is 5.65 Å². The van der Waals surface area contributed by atoms with Crippen molar-refractivity contribution in [1.82, 2.24) is 19.9 Å². The van der Waals surface area contributed by atoms with Gasteiger partial charge in [-0.15, -0.1) is 0 Å². The summed E-state index contributed by atoms with van der Waals surface area (Å²) in [5.41, 5.74) is 0.471. The second-order valence-corrected chi connectivity index (χ2v) is 4.79. The fourth-order valence-electron chi connectivity index (χ4n) is 2.02. The Hall–Kier alpha value is -3.36. The minimum atomic E-state index is -1.13. The van der Waals surface area contributed by atoms with Gasteiger partial charge >= 0.3 is 0 Å². The summed E-state index contributed by atoms with van der Waals surface area (Å²) in [5, 5.41) is 8.90. The van der Waals surface area contributed by atoms with Gasteiger partial charge in [-0.2, -0.15) is 9.61 Å². The van der Waals surface area contributed by atoms with Gasteiger partial charge in [-0.25, -0.2) is 13.8 Å². The summed E-state index contributed by atoms with van der Waals surface area (Å²) in [6.07, 6.45) is 3.04. The standard InChI is InChI=1S/C15H11F2N5O2/c16-10-2-1-9(7-11(10)17)15(24)19-8-14(23)21-13-3-5-18-12-4-6-20-22(12)13/h1-7H,8H2,(H,19,24)(H,21,23). The number of carbonyl (C=O) groups is 2. The molecule has 0 radical (unpaired) electrons. The van der Waals surface area contributed by atoms with E-state index in [1.54, 1.807) is 12.1 Å². The van der Waals surface area contributed by atoms with Crippen LogP contribution in [-0.4, -0.2) is 33.0 Å². The highest BCUT2D eigenvalue weighted by molar-refractivity contribution is 5.99. The van der Waals surface area contributed by atoms with Gasteiger partial charge in [-0.1, -0.05) is 0 Å². The average molecular weight is 331 g/mol. The molecular weight excluding hydrogens is 320 g/mol. The maximum Gasteiger partial charge on any atom is 0.251 e. The summed E-state index contributed by atoms with van der Waals surface area (Å²) in [7, 11) is 0. The number of hydrogen-bond donors (Lipinski definition) is 2. The zero-order valence-electron chi connectivity index (χ0n) is 12.2. The van der Waals surface area contributed by atoms with Gasteiger partial charge < -0.3 is 10.6 Å². The minimum Gasteiger partial charge on any atom is -0.343 e. The van der Waals surface area contributed by atoms with Crippen LogP contribution in [0, 0.1) is 11.6 Å². The number of rotatable bonds is 4. The number of nitrogens with zero attached hydrogens (tertiary/aromatic N) is 3. The molecule has 122 valence electrons. The molecule has 7 nitrogen and oxygen atoms in total. The van der Waals surface area contributed by atoms with Gasteiger partial charge in [0.2, 0.25) is 5.91 Å². The van der Waals surface area contributed by atoms with Crippen LogP contribution in [0.2, 0.25) is 0 Å². The van der Waals surface area contributed by atoms with Crippen molar-refractivity contribution in [2.75, 3.05) is 11.9 Å². The summed E-state index contributed by atoms with van der Waals surface area (Å²) < 4.78 is 27.4. The van der Waals surface area contributed by atoms with Crippen LogP contribution in [0.3, 0.4) is 0 Å². The van der Waals surface area contributed by atoms with Gasteiger partial charge in [0.05, 0.1) is 12.7 Å². The van der Waals surface area contributed by atoms with Crippen molar-refractivity contribution in [3.8, 4) is 0 Å². The van der Waals surface area contributed by atoms with Gasteiger partial charge in [0.1, 0.15) is 5.82 Å². The summed E-state index contributed by atoms with van der Waals surface area (Å²) in [5.74, 6) is -3.00. The van der Waals surface area contributed by atoms with E-state index in [1.807, 2.05) is 0 Å². The number of hydrogen-bond acceptors (Lipinski definition) is 4. The van der Waals surface area contributed by atoms with Crippen LogP contribution >= 0.6 is 0 Å². The molecule has 2 heterocycles. The Morgan fingerprint density at radius 3 is 2.71 bits per heavy atom. The van der Waals surface area contributed by atoms with E-state index in [9.17, 15) is 18.4 Å². The lowest BCUT2D eigenvalue weighted by Gasteiger charge is -2.08. The molecule has 0 aliphatic carbocycles. The average Bonchev–Trinajstić information content (AvgIpc) is 3.05. The Bertz CT molecular complexity index is 925. The topological polar surface area (TPSA) is 88.4 Å². The first kappa shape index (κ1) is 15.5. The number of halogens is 2. The van der Waals surface area contributed by atoms with Gasteiger partial charge in [0, 0.05) is 17.8 Å². The third kappa shape index (κ3) is 3.19. The highest BCUT2D eigenvalue weighted by Gasteiger charge is 2.12. The first-order chi connectivity index (χ1) is 11.5. The van der Waals surface area contributed by atoms with Crippen LogP contribution in [-0.2, 0) is 4.79 Å². The fraction of sp³-hybridized carbons (Fsp3) is 0.0667. The Balaban J connectivity index is 1.62. The summed E-state index contributed by atoms with van der Waals surface area (Å²) in [6, 6.07) is 5.95. The maximum absolute atomic E-state index is 13.1. The quantitative estimate of drug-likeness (QED) is 0.756. The van der Waals surface area contributed by atoms with E-state index in [-0.39, 0.29) is 12.1 Å². The molecule has 0 saturated heterocycles. The number of carbonyl (C=O) groups excluding carboxylic acids is 2. The summed E-state index contributed by atoms with van der Waals surface area (Å²) in [6.45, 7) is -0.344. The number of fused-ring (bicyclic) bond motifs is 1. The molecule has 0 aliphatic heterocycles. The smallest absolute Gasteiger partial charge is 0.251 e. The first-order valence-electron chi connectivity index (χ1n) is 6.86. The van der Waals surface area contributed by atoms with E-state index in [2.05, 4.69) is 20.7 Å². The Kier molecular flexibility index (Phi) is 4.15. The predicted molar refractivity (Wildman–Crippen MR) is 80.3 cm³/mol. The molecular formula is C15H11F2N5O2. The molecule has 0 fully saturated rings. The van der Waals surface area contributed by atoms with Crippen LogP contribution < -0.4 is 10.6 Å². The molecule has 9 heteroatoms. The molecule has 1 aromatic carbocycles. The van der Waals surface area contributed by atoms with Crippen LogP contribution in [0.1, 0.15) is 10.4 Å². The number of nitrogens with one attached hydrogen (secondary N) is 2. The highest BCUT2D eigenvalue weighted by atomic mass is 19.2. The molecule has 24 heavy (non-hydrogen) atoms. The molecule has 0 atom stereocenters.